The molecule has 1 aliphatic rings. The third-order valence-electron chi connectivity index (χ3n) is 3.56. The van der Waals surface area contributed by atoms with E-state index in [9.17, 15) is 10.1 Å². The summed E-state index contributed by atoms with van der Waals surface area (Å²) in [4.78, 5) is 10.6. The van der Waals surface area contributed by atoms with Gasteiger partial charge in [-0.1, -0.05) is 6.92 Å². The number of rotatable bonds is 6. The Morgan fingerprint density at radius 2 is 2.25 bits per heavy atom. The highest BCUT2D eigenvalue weighted by molar-refractivity contribution is 7.99. The van der Waals surface area contributed by atoms with Crippen LogP contribution in [0, 0.1) is 16.0 Å². The van der Waals surface area contributed by atoms with Crippen molar-refractivity contribution in [3.05, 3.63) is 33.9 Å². The Morgan fingerprint density at radius 3 is 2.90 bits per heavy atom. The van der Waals surface area contributed by atoms with Gasteiger partial charge in [-0.2, -0.15) is 11.8 Å². The molecule has 0 saturated carbocycles. The number of non-ortho nitro benzene ring substituents is 1. The number of thioether (sulfide) groups is 1. The number of nitro benzene ring substituents is 1. The molecule has 1 saturated heterocycles. The zero-order valence-corrected chi connectivity index (χ0v) is 12.6. The van der Waals surface area contributed by atoms with Gasteiger partial charge in [0.15, 0.2) is 0 Å². The van der Waals surface area contributed by atoms with Gasteiger partial charge >= 0.3 is 0 Å². The fourth-order valence-electron chi connectivity index (χ4n) is 2.57. The molecule has 1 heterocycles. The standard InChI is InChI=1S/C14H20N2O3S/c1-3-15-14-9-20-8-11(14)4-10-5-12(16(17)18)7-13(6-10)19-2/h5-7,11,14-15H,3-4,8-9H2,1-2H3. The van der Waals surface area contributed by atoms with Crippen LogP contribution in [0.15, 0.2) is 18.2 Å². The van der Waals surface area contributed by atoms with Crippen LogP contribution < -0.4 is 10.1 Å². The molecule has 110 valence electrons. The van der Waals surface area contributed by atoms with E-state index in [2.05, 4.69) is 12.2 Å². The van der Waals surface area contributed by atoms with Crippen LogP contribution in [0.25, 0.3) is 0 Å². The van der Waals surface area contributed by atoms with E-state index in [0.717, 1.165) is 30.0 Å². The Morgan fingerprint density at radius 1 is 1.45 bits per heavy atom. The van der Waals surface area contributed by atoms with Crippen molar-refractivity contribution in [2.75, 3.05) is 25.2 Å². The molecular formula is C14H20N2O3S. The van der Waals surface area contributed by atoms with Crippen LogP contribution in [-0.2, 0) is 6.42 Å². The fraction of sp³-hybridized carbons (Fsp3) is 0.571. The molecule has 1 N–H and O–H groups in total. The molecule has 0 radical (unpaired) electrons. The minimum Gasteiger partial charge on any atom is -0.496 e. The lowest BCUT2D eigenvalue weighted by atomic mass is 9.94. The van der Waals surface area contributed by atoms with Crippen molar-refractivity contribution >= 4 is 17.4 Å². The number of hydrogen-bond donors (Lipinski definition) is 1. The van der Waals surface area contributed by atoms with Gasteiger partial charge in [0.25, 0.3) is 5.69 Å². The quantitative estimate of drug-likeness (QED) is 0.645. The third-order valence-corrected chi connectivity index (χ3v) is 4.82. The van der Waals surface area contributed by atoms with Crippen LogP contribution >= 0.6 is 11.8 Å². The second kappa shape index (κ2) is 6.95. The molecule has 2 atom stereocenters. The van der Waals surface area contributed by atoms with E-state index in [1.54, 1.807) is 6.07 Å². The van der Waals surface area contributed by atoms with Crippen LogP contribution in [0.1, 0.15) is 12.5 Å². The summed E-state index contributed by atoms with van der Waals surface area (Å²) in [6, 6.07) is 5.53. The smallest absolute Gasteiger partial charge is 0.273 e. The molecule has 6 heteroatoms. The van der Waals surface area contributed by atoms with Crippen molar-refractivity contribution in [2.45, 2.75) is 19.4 Å². The predicted molar refractivity (Wildman–Crippen MR) is 81.6 cm³/mol. The van der Waals surface area contributed by atoms with Gasteiger partial charge in [0, 0.05) is 17.9 Å². The van der Waals surface area contributed by atoms with Crippen molar-refractivity contribution in [1.82, 2.24) is 5.32 Å². The maximum absolute atomic E-state index is 11.0. The van der Waals surface area contributed by atoms with Crippen molar-refractivity contribution in [1.29, 1.82) is 0 Å². The first kappa shape index (κ1) is 15.1. The average molecular weight is 296 g/mol. The molecule has 0 amide bonds. The van der Waals surface area contributed by atoms with E-state index < -0.39 is 0 Å². The molecule has 0 aromatic heterocycles. The first-order valence-electron chi connectivity index (χ1n) is 6.77. The summed E-state index contributed by atoms with van der Waals surface area (Å²) in [6.45, 7) is 3.07. The average Bonchev–Trinajstić information content (AvgIpc) is 2.86. The molecule has 2 rings (SSSR count). The molecule has 20 heavy (non-hydrogen) atoms. The number of ether oxygens (including phenoxy) is 1. The number of nitrogens with zero attached hydrogens (tertiary/aromatic N) is 1. The lowest BCUT2D eigenvalue weighted by Crippen LogP contribution is -2.36. The predicted octanol–water partition coefficient (Wildman–Crippen LogP) is 2.49. The van der Waals surface area contributed by atoms with Crippen LogP contribution in [0.4, 0.5) is 5.69 Å². The van der Waals surface area contributed by atoms with Gasteiger partial charge in [-0.05, 0) is 36.3 Å². The van der Waals surface area contributed by atoms with Gasteiger partial charge in [0.1, 0.15) is 5.75 Å². The highest BCUT2D eigenvalue weighted by Crippen LogP contribution is 2.30. The minimum absolute atomic E-state index is 0.102. The fourth-order valence-corrected chi connectivity index (χ4v) is 4.01. The Balaban J connectivity index is 2.15. The van der Waals surface area contributed by atoms with Crippen molar-refractivity contribution in [3.8, 4) is 5.75 Å². The Hall–Kier alpha value is -1.27. The largest absolute Gasteiger partial charge is 0.496 e. The van der Waals surface area contributed by atoms with Crippen LogP contribution in [0.3, 0.4) is 0 Å². The first-order valence-corrected chi connectivity index (χ1v) is 7.93. The van der Waals surface area contributed by atoms with E-state index in [0.29, 0.717) is 17.7 Å². The van der Waals surface area contributed by atoms with Gasteiger partial charge in [0.2, 0.25) is 0 Å². The van der Waals surface area contributed by atoms with E-state index in [1.165, 1.54) is 13.2 Å². The van der Waals surface area contributed by atoms with Crippen molar-refractivity contribution in [3.63, 3.8) is 0 Å². The maximum atomic E-state index is 11.0. The molecule has 1 fully saturated rings. The molecule has 1 aromatic rings. The van der Waals surface area contributed by atoms with E-state index >= 15 is 0 Å². The zero-order chi connectivity index (χ0) is 14.5. The molecule has 0 bridgehead atoms. The van der Waals surface area contributed by atoms with E-state index in [1.807, 2.05) is 17.8 Å². The monoisotopic (exact) mass is 296 g/mol. The molecule has 5 nitrogen and oxygen atoms in total. The summed E-state index contributed by atoms with van der Waals surface area (Å²) in [5.41, 5.74) is 1.08. The SMILES string of the molecule is CCNC1CSCC1Cc1cc(OC)cc([N+](=O)[O-])c1. The lowest BCUT2D eigenvalue weighted by Gasteiger charge is -2.19. The van der Waals surface area contributed by atoms with Gasteiger partial charge in [-0.15, -0.1) is 0 Å². The first-order chi connectivity index (χ1) is 9.63. The van der Waals surface area contributed by atoms with E-state index in [4.69, 9.17) is 4.74 Å². The summed E-state index contributed by atoms with van der Waals surface area (Å²) in [7, 11) is 1.54. The summed E-state index contributed by atoms with van der Waals surface area (Å²) < 4.78 is 5.16. The summed E-state index contributed by atoms with van der Waals surface area (Å²) >= 11 is 1.94. The van der Waals surface area contributed by atoms with Gasteiger partial charge < -0.3 is 10.1 Å². The molecule has 0 spiro atoms. The summed E-state index contributed by atoms with van der Waals surface area (Å²) in [6.07, 6.45) is 0.850. The van der Waals surface area contributed by atoms with Crippen LogP contribution in [-0.4, -0.2) is 36.1 Å². The van der Waals surface area contributed by atoms with Gasteiger partial charge in [-0.25, -0.2) is 0 Å². The third kappa shape index (κ3) is 3.64. The zero-order valence-electron chi connectivity index (χ0n) is 11.8. The molecule has 1 aliphatic heterocycles. The number of methoxy groups -OCH3 is 1. The van der Waals surface area contributed by atoms with E-state index in [-0.39, 0.29) is 10.6 Å². The normalized spacial score (nSPS) is 21.9. The Labute approximate surface area is 123 Å². The molecule has 1 aromatic carbocycles. The number of nitrogens with one attached hydrogen (secondary N) is 1. The Bertz CT molecular complexity index is 481. The van der Waals surface area contributed by atoms with Crippen molar-refractivity contribution < 1.29 is 9.66 Å². The lowest BCUT2D eigenvalue weighted by molar-refractivity contribution is -0.385. The molecular weight excluding hydrogens is 276 g/mol. The summed E-state index contributed by atoms with van der Waals surface area (Å²) in [5.74, 6) is 3.29. The maximum Gasteiger partial charge on any atom is 0.273 e. The minimum atomic E-state index is -0.364. The van der Waals surface area contributed by atoms with Crippen LogP contribution in [0.5, 0.6) is 5.75 Å². The summed E-state index contributed by atoms with van der Waals surface area (Å²) in [5, 5.41) is 14.5. The van der Waals surface area contributed by atoms with Gasteiger partial charge in [-0.3, -0.25) is 10.1 Å². The number of nitro groups is 1. The number of benzene rings is 1. The molecule has 0 aliphatic carbocycles. The highest BCUT2D eigenvalue weighted by Gasteiger charge is 2.27. The van der Waals surface area contributed by atoms with Crippen LogP contribution in [0.2, 0.25) is 0 Å². The number of hydrogen-bond acceptors (Lipinski definition) is 5. The van der Waals surface area contributed by atoms with Gasteiger partial charge in [0.05, 0.1) is 18.1 Å². The molecule has 2 unspecified atom stereocenters. The van der Waals surface area contributed by atoms with Crippen molar-refractivity contribution in [2.24, 2.45) is 5.92 Å². The second-order valence-electron chi connectivity index (χ2n) is 4.96. The second-order valence-corrected chi connectivity index (χ2v) is 6.04. The topological polar surface area (TPSA) is 64.4 Å². The highest BCUT2D eigenvalue weighted by atomic mass is 32.2. The Kier molecular flexibility index (Phi) is 5.25.